The van der Waals surface area contributed by atoms with Crippen LogP contribution in [0.4, 0.5) is 0 Å². The van der Waals surface area contributed by atoms with E-state index in [-0.39, 0.29) is 6.10 Å². The number of nitrogens with zero attached hydrogens (tertiary/aromatic N) is 3. The number of carboxylic acids is 2. The van der Waals surface area contributed by atoms with Gasteiger partial charge < -0.3 is 29.6 Å². The zero-order chi connectivity index (χ0) is 25.6. The van der Waals surface area contributed by atoms with E-state index < -0.39 is 11.9 Å². The van der Waals surface area contributed by atoms with E-state index in [1.54, 1.807) is 7.11 Å². The lowest BCUT2D eigenvalue weighted by molar-refractivity contribution is -0.135. The number of aromatic nitrogens is 2. The monoisotopic (exact) mass is 490 g/mol. The fourth-order valence-electron chi connectivity index (χ4n) is 4.06. The molecule has 0 bridgehead atoms. The van der Waals surface area contributed by atoms with Crippen LogP contribution in [0.5, 0.6) is 5.75 Å². The van der Waals surface area contributed by atoms with Crippen LogP contribution in [0.2, 0.25) is 0 Å². The molecule has 0 amide bonds. The van der Waals surface area contributed by atoms with Gasteiger partial charge in [-0.15, -0.1) is 0 Å². The maximum absolute atomic E-state index is 9.00. The zero-order valence-corrected chi connectivity index (χ0v) is 20.9. The Balaban J connectivity index is 0.000000473. The van der Waals surface area contributed by atoms with E-state index in [9.17, 15) is 0 Å². The lowest BCUT2D eigenvalue weighted by atomic mass is 10.1. The largest absolute Gasteiger partial charge is 0.496 e. The Morgan fingerprint density at radius 2 is 1.89 bits per heavy atom. The Labute approximate surface area is 206 Å². The van der Waals surface area contributed by atoms with Gasteiger partial charge in [0.15, 0.2) is 0 Å². The Morgan fingerprint density at radius 1 is 1.20 bits per heavy atom. The fourth-order valence-corrected chi connectivity index (χ4v) is 4.06. The molecule has 1 atom stereocenters. The van der Waals surface area contributed by atoms with Crippen LogP contribution in [0.15, 0.2) is 30.6 Å². The van der Waals surface area contributed by atoms with Crippen LogP contribution < -0.4 is 10.1 Å². The summed E-state index contributed by atoms with van der Waals surface area (Å²) in [6.45, 7) is 9.08. The average Bonchev–Trinajstić information content (AvgIpc) is 3.50. The minimum Gasteiger partial charge on any atom is -0.496 e. The van der Waals surface area contributed by atoms with Crippen LogP contribution in [0.1, 0.15) is 38.7 Å². The number of nitrogens with one attached hydrogen (secondary N) is 1. The van der Waals surface area contributed by atoms with Crippen molar-refractivity contribution in [2.24, 2.45) is 0 Å². The molecule has 2 aliphatic heterocycles. The molecule has 2 aliphatic rings. The molecule has 4 rings (SSSR count). The Bertz CT molecular complexity index is 900. The van der Waals surface area contributed by atoms with Gasteiger partial charge in [-0.25, -0.2) is 4.98 Å². The second-order valence-electron chi connectivity index (χ2n) is 8.48. The van der Waals surface area contributed by atoms with E-state index in [0.29, 0.717) is 0 Å². The van der Waals surface area contributed by atoms with Gasteiger partial charge in [0.2, 0.25) is 0 Å². The van der Waals surface area contributed by atoms with Crippen LogP contribution in [-0.4, -0.2) is 82.6 Å². The minimum atomic E-state index is -0.833. The molecule has 0 saturated carbocycles. The highest BCUT2D eigenvalue weighted by Gasteiger charge is 2.17. The van der Waals surface area contributed by atoms with E-state index in [1.807, 2.05) is 6.20 Å². The smallest absolute Gasteiger partial charge is 0.300 e. The number of benzene rings is 1. The number of carboxylic acid groups (broad SMARTS) is 2. The third kappa shape index (κ3) is 10.5. The number of methoxy groups -OCH3 is 1. The van der Waals surface area contributed by atoms with Crippen molar-refractivity contribution in [1.29, 1.82) is 0 Å². The zero-order valence-electron chi connectivity index (χ0n) is 20.9. The van der Waals surface area contributed by atoms with Crippen LogP contribution in [0.25, 0.3) is 11.4 Å². The standard InChI is InChI=1S/C21H30N4O2.2C2H4O2/c1-26-20-5-4-17(14-18(20)16-24-9-2-3-10-24)21-23-7-12-25(21)11-6-19-15-22-8-13-27-19;2*1-2(3)4/h4-5,7,12,14,19,22H,2-3,6,8-11,13,15-16H2,1H3;2*1H3,(H,3,4). The summed E-state index contributed by atoms with van der Waals surface area (Å²) < 4.78 is 13.7. The highest BCUT2D eigenvalue weighted by molar-refractivity contribution is 5.63. The van der Waals surface area contributed by atoms with Crippen molar-refractivity contribution in [3.05, 3.63) is 36.2 Å². The first kappa shape index (κ1) is 28.3. The molecule has 10 heteroatoms. The number of ether oxygens (including phenoxy) is 2. The summed E-state index contributed by atoms with van der Waals surface area (Å²) in [5, 5.41) is 18.2. The second kappa shape index (κ2) is 15.1. The van der Waals surface area contributed by atoms with Crippen molar-refractivity contribution in [2.75, 3.05) is 39.9 Å². The van der Waals surface area contributed by atoms with Crippen molar-refractivity contribution in [3.63, 3.8) is 0 Å². The first-order valence-electron chi connectivity index (χ1n) is 11.9. The lowest BCUT2D eigenvalue weighted by Gasteiger charge is -2.24. The molecular formula is C25H38N4O6. The quantitative estimate of drug-likeness (QED) is 0.537. The number of hydrogen-bond donors (Lipinski definition) is 3. The third-order valence-electron chi connectivity index (χ3n) is 5.54. The Morgan fingerprint density at radius 3 is 2.49 bits per heavy atom. The number of aliphatic carboxylic acids is 2. The van der Waals surface area contributed by atoms with Gasteiger partial charge in [0, 0.05) is 63.5 Å². The molecule has 35 heavy (non-hydrogen) atoms. The molecule has 2 aromatic rings. The van der Waals surface area contributed by atoms with Gasteiger partial charge >= 0.3 is 0 Å². The molecule has 0 aliphatic carbocycles. The fraction of sp³-hybridized carbons (Fsp3) is 0.560. The van der Waals surface area contributed by atoms with Crippen molar-refractivity contribution < 1.29 is 29.3 Å². The van der Waals surface area contributed by atoms with E-state index in [1.165, 1.54) is 31.5 Å². The summed E-state index contributed by atoms with van der Waals surface area (Å²) in [6.07, 6.45) is 7.83. The molecule has 1 aromatic carbocycles. The SMILES string of the molecule is CC(=O)O.CC(=O)O.COc1ccc(-c2nccn2CCC2CNCCO2)cc1CN1CCCC1. The van der Waals surface area contributed by atoms with Crippen molar-refractivity contribution >= 4 is 11.9 Å². The molecule has 1 aromatic heterocycles. The van der Waals surface area contributed by atoms with Crippen molar-refractivity contribution in [3.8, 4) is 17.1 Å². The maximum Gasteiger partial charge on any atom is 0.300 e. The van der Waals surface area contributed by atoms with Gasteiger partial charge in [-0.05, 0) is 50.6 Å². The Kier molecular flexibility index (Phi) is 12.2. The van der Waals surface area contributed by atoms with E-state index in [0.717, 1.165) is 70.2 Å². The Hall–Kier alpha value is -2.95. The van der Waals surface area contributed by atoms with Crippen LogP contribution in [0.3, 0.4) is 0 Å². The van der Waals surface area contributed by atoms with Gasteiger partial charge in [0.05, 0.1) is 19.8 Å². The highest BCUT2D eigenvalue weighted by atomic mass is 16.5. The van der Waals surface area contributed by atoms with Crippen LogP contribution in [0, 0.1) is 0 Å². The van der Waals surface area contributed by atoms with Gasteiger partial charge in [0.1, 0.15) is 11.6 Å². The van der Waals surface area contributed by atoms with Crippen LogP contribution >= 0.6 is 0 Å². The molecule has 0 spiro atoms. The van der Waals surface area contributed by atoms with Crippen LogP contribution in [-0.2, 0) is 27.4 Å². The van der Waals surface area contributed by atoms with E-state index in [4.69, 9.17) is 29.3 Å². The third-order valence-corrected chi connectivity index (χ3v) is 5.54. The molecule has 3 heterocycles. The predicted octanol–water partition coefficient (Wildman–Crippen LogP) is 2.71. The van der Waals surface area contributed by atoms with E-state index >= 15 is 0 Å². The minimum absolute atomic E-state index is 0.288. The first-order valence-corrected chi connectivity index (χ1v) is 11.9. The summed E-state index contributed by atoms with van der Waals surface area (Å²) in [5.74, 6) is 0.314. The predicted molar refractivity (Wildman–Crippen MR) is 133 cm³/mol. The second-order valence-corrected chi connectivity index (χ2v) is 8.48. The van der Waals surface area contributed by atoms with E-state index in [2.05, 4.69) is 44.2 Å². The molecule has 3 N–H and O–H groups in total. The number of hydrogen-bond acceptors (Lipinski definition) is 7. The molecular weight excluding hydrogens is 452 g/mol. The number of likely N-dealkylation sites (tertiary alicyclic amines) is 1. The van der Waals surface area contributed by atoms with Gasteiger partial charge in [-0.1, -0.05) is 0 Å². The summed E-state index contributed by atoms with van der Waals surface area (Å²) in [7, 11) is 1.75. The number of imidazole rings is 1. The van der Waals surface area contributed by atoms with Crippen molar-refractivity contribution in [1.82, 2.24) is 19.8 Å². The van der Waals surface area contributed by atoms with Gasteiger partial charge in [0.25, 0.3) is 11.9 Å². The molecule has 0 radical (unpaired) electrons. The number of carbonyl (C=O) groups is 2. The summed E-state index contributed by atoms with van der Waals surface area (Å²) in [5.41, 5.74) is 2.39. The summed E-state index contributed by atoms with van der Waals surface area (Å²) in [6, 6.07) is 6.44. The number of aryl methyl sites for hydroxylation is 1. The number of rotatable bonds is 7. The van der Waals surface area contributed by atoms with Gasteiger partial charge in [-0.3, -0.25) is 14.5 Å². The first-order chi connectivity index (χ1) is 16.8. The molecule has 2 saturated heterocycles. The number of morpholine rings is 1. The lowest BCUT2D eigenvalue weighted by Crippen LogP contribution is -2.38. The van der Waals surface area contributed by atoms with Crippen molar-refractivity contribution in [2.45, 2.75) is 52.3 Å². The highest BCUT2D eigenvalue weighted by Crippen LogP contribution is 2.28. The summed E-state index contributed by atoms with van der Waals surface area (Å²) in [4.78, 5) is 25.1. The van der Waals surface area contributed by atoms with Gasteiger partial charge in [-0.2, -0.15) is 0 Å². The molecule has 194 valence electrons. The average molecular weight is 491 g/mol. The molecule has 10 nitrogen and oxygen atoms in total. The molecule has 2 fully saturated rings. The molecule has 1 unspecified atom stereocenters. The normalized spacial score (nSPS) is 17.5. The summed E-state index contributed by atoms with van der Waals surface area (Å²) >= 11 is 0. The topological polar surface area (TPSA) is 126 Å². The maximum atomic E-state index is 9.00.